The zero-order valence-electron chi connectivity index (χ0n) is 12.7. The number of hydrogen-bond acceptors (Lipinski definition) is 1. The van der Waals surface area contributed by atoms with Gasteiger partial charge in [-0.05, 0) is 31.8 Å². The molecule has 1 saturated carbocycles. The highest BCUT2D eigenvalue weighted by atomic mass is 15.1. The average Bonchev–Trinajstić information content (AvgIpc) is 2.42. The molecule has 0 bridgehead atoms. The quantitative estimate of drug-likeness (QED) is 0.579. The van der Waals surface area contributed by atoms with Crippen molar-refractivity contribution in [2.75, 3.05) is 19.6 Å². The van der Waals surface area contributed by atoms with Gasteiger partial charge in [-0.25, -0.2) is 0 Å². The molecule has 1 fully saturated rings. The minimum Gasteiger partial charge on any atom is -0.304 e. The first-order chi connectivity index (χ1) is 7.86. The van der Waals surface area contributed by atoms with Gasteiger partial charge in [0.2, 0.25) is 0 Å². The maximum atomic E-state index is 2.57. The third-order valence-corrected chi connectivity index (χ3v) is 3.14. The minimum absolute atomic E-state index is 0. The summed E-state index contributed by atoms with van der Waals surface area (Å²) in [6.45, 7) is 16.4. The number of hydrogen-bond donors (Lipinski definition) is 0. The summed E-state index contributed by atoms with van der Waals surface area (Å²) in [6, 6.07) is 0. The lowest BCUT2D eigenvalue weighted by molar-refractivity contribution is 0.216. The molecular weight excluding hydrogens is 218 g/mol. The van der Waals surface area contributed by atoms with Gasteiger partial charge < -0.3 is 4.90 Å². The van der Waals surface area contributed by atoms with Crippen molar-refractivity contribution in [1.82, 2.24) is 4.90 Å². The minimum atomic E-state index is 0. The number of rotatable bonds is 4. The van der Waals surface area contributed by atoms with Crippen molar-refractivity contribution in [2.24, 2.45) is 5.92 Å². The van der Waals surface area contributed by atoms with Gasteiger partial charge in [-0.1, -0.05) is 75.7 Å². The van der Waals surface area contributed by atoms with E-state index in [0.717, 1.165) is 5.92 Å². The molecule has 1 aliphatic rings. The summed E-state index contributed by atoms with van der Waals surface area (Å²) in [7, 11) is 0. The highest BCUT2D eigenvalue weighted by Gasteiger charge is 2.15. The van der Waals surface area contributed by atoms with E-state index in [1.54, 1.807) is 0 Å². The van der Waals surface area contributed by atoms with E-state index in [9.17, 15) is 0 Å². The lowest BCUT2D eigenvalue weighted by atomic mass is 9.89. The van der Waals surface area contributed by atoms with E-state index in [2.05, 4.69) is 18.7 Å². The summed E-state index contributed by atoms with van der Waals surface area (Å²) >= 11 is 0. The Morgan fingerprint density at radius 1 is 0.778 bits per heavy atom. The van der Waals surface area contributed by atoms with Crippen molar-refractivity contribution in [2.45, 2.75) is 88.5 Å². The van der Waals surface area contributed by atoms with Crippen molar-refractivity contribution in [3.8, 4) is 0 Å². The van der Waals surface area contributed by atoms with Crippen LogP contribution < -0.4 is 0 Å². The van der Waals surface area contributed by atoms with Crippen LogP contribution in [0.3, 0.4) is 0 Å². The Labute approximate surface area is 119 Å². The summed E-state index contributed by atoms with van der Waals surface area (Å²) < 4.78 is 0. The highest BCUT2D eigenvalue weighted by molar-refractivity contribution is 4.69. The summed E-state index contributed by atoms with van der Waals surface area (Å²) in [5.41, 5.74) is 0. The van der Waals surface area contributed by atoms with Gasteiger partial charge in [-0.3, -0.25) is 0 Å². The van der Waals surface area contributed by atoms with Gasteiger partial charge in [0.1, 0.15) is 0 Å². The summed E-state index contributed by atoms with van der Waals surface area (Å²) in [4.78, 5) is 2.57. The molecule has 0 aromatic carbocycles. The van der Waals surface area contributed by atoms with Gasteiger partial charge in [0.25, 0.3) is 0 Å². The van der Waals surface area contributed by atoms with Crippen molar-refractivity contribution < 1.29 is 0 Å². The molecule has 0 amide bonds. The Bertz CT molecular complexity index is 102. The van der Waals surface area contributed by atoms with Crippen molar-refractivity contribution in [3.05, 3.63) is 0 Å². The van der Waals surface area contributed by atoms with Crippen LogP contribution in [0.2, 0.25) is 0 Å². The predicted molar refractivity (Wildman–Crippen MR) is 90.5 cm³/mol. The third kappa shape index (κ3) is 14.0. The van der Waals surface area contributed by atoms with Crippen LogP contribution in [-0.4, -0.2) is 24.5 Å². The molecule has 0 aromatic heterocycles. The molecule has 0 N–H and O–H groups in total. The molecule has 0 spiro atoms. The van der Waals surface area contributed by atoms with E-state index in [-0.39, 0.29) is 14.9 Å². The Hall–Kier alpha value is -0.0400. The SMILES string of the molecule is C.C.CC.CC.CCN(CC)CC1CCCCC1. The molecule has 0 aliphatic heterocycles. The molecule has 18 heavy (non-hydrogen) atoms. The van der Waals surface area contributed by atoms with Gasteiger partial charge >= 0.3 is 0 Å². The van der Waals surface area contributed by atoms with E-state index in [4.69, 9.17) is 0 Å². The van der Waals surface area contributed by atoms with Gasteiger partial charge in [0, 0.05) is 6.54 Å². The van der Waals surface area contributed by atoms with Crippen LogP contribution in [0, 0.1) is 5.92 Å². The van der Waals surface area contributed by atoms with E-state index in [1.807, 2.05) is 27.7 Å². The monoisotopic (exact) mass is 261 g/mol. The highest BCUT2D eigenvalue weighted by Crippen LogP contribution is 2.24. The average molecular weight is 262 g/mol. The molecule has 1 rings (SSSR count). The fourth-order valence-electron chi connectivity index (χ4n) is 2.22. The number of nitrogens with zero attached hydrogens (tertiary/aromatic N) is 1. The van der Waals surface area contributed by atoms with Crippen LogP contribution in [0.4, 0.5) is 0 Å². The largest absolute Gasteiger partial charge is 0.304 e. The first kappa shape index (κ1) is 26.5. The van der Waals surface area contributed by atoms with Crippen LogP contribution in [0.5, 0.6) is 0 Å². The summed E-state index contributed by atoms with van der Waals surface area (Å²) in [5, 5.41) is 0. The van der Waals surface area contributed by atoms with Crippen LogP contribution in [0.1, 0.15) is 88.5 Å². The summed E-state index contributed by atoms with van der Waals surface area (Å²) in [5.74, 6) is 1.01. The van der Waals surface area contributed by atoms with Crippen LogP contribution >= 0.6 is 0 Å². The summed E-state index contributed by atoms with van der Waals surface area (Å²) in [6.07, 6.45) is 7.40. The first-order valence-corrected chi connectivity index (χ1v) is 7.59. The molecule has 0 aromatic rings. The Morgan fingerprint density at radius 2 is 1.17 bits per heavy atom. The lowest BCUT2D eigenvalue weighted by Crippen LogP contribution is -2.30. The van der Waals surface area contributed by atoms with E-state index >= 15 is 0 Å². The van der Waals surface area contributed by atoms with Gasteiger partial charge in [-0.15, -0.1) is 0 Å². The Kier molecular flexibility index (Phi) is 32.6. The standard InChI is InChI=1S/C11H23N.2C2H6.2CH4/c1-3-12(4-2)10-11-8-6-5-7-9-11;2*1-2;;/h11H,3-10H2,1-2H3;2*1-2H3;2*1H4. The molecule has 0 atom stereocenters. The normalized spacial score (nSPS) is 14.2. The fraction of sp³-hybridized carbons (Fsp3) is 1.00. The predicted octanol–water partition coefficient (Wildman–Crippen LogP) is 6.23. The van der Waals surface area contributed by atoms with Crippen molar-refractivity contribution in [3.63, 3.8) is 0 Å². The van der Waals surface area contributed by atoms with Crippen molar-refractivity contribution in [1.29, 1.82) is 0 Å². The fourth-order valence-corrected chi connectivity index (χ4v) is 2.22. The van der Waals surface area contributed by atoms with Crippen LogP contribution in [-0.2, 0) is 0 Å². The van der Waals surface area contributed by atoms with Crippen LogP contribution in [0.25, 0.3) is 0 Å². The maximum absolute atomic E-state index is 2.57. The van der Waals surface area contributed by atoms with Crippen molar-refractivity contribution >= 4 is 0 Å². The van der Waals surface area contributed by atoms with E-state index in [0.29, 0.717) is 0 Å². The second-order valence-corrected chi connectivity index (χ2v) is 3.99. The molecule has 0 radical (unpaired) electrons. The zero-order valence-corrected chi connectivity index (χ0v) is 12.7. The van der Waals surface area contributed by atoms with Gasteiger partial charge in [0.15, 0.2) is 0 Å². The van der Waals surface area contributed by atoms with Gasteiger partial charge in [0.05, 0.1) is 0 Å². The molecule has 1 nitrogen and oxygen atoms in total. The zero-order chi connectivity index (χ0) is 12.8. The maximum Gasteiger partial charge on any atom is 0.000942 e. The van der Waals surface area contributed by atoms with E-state index < -0.39 is 0 Å². The molecule has 116 valence electrons. The van der Waals surface area contributed by atoms with E-state index in [1.165, 1.54) is 51.7 Å². The molecule has 0 unspecified atom stereocenters. The second-order valence-electron chi connectivity index (χ2n) is 3.99. The smallest absolute Gasteiger partial charge is 0.000942 e. The second kappa shape index (κ2) is 22.2. The lowest BCUT2D eigenvalue weighted by Gasteiger charge is -2.27. The topological polar surface area (TPSA) is 3.24 Å². The molecule has 1 heteroatoms. The molecular formula is C17H43N. The third-order valence-electron chi connectivity index (χ3n) is 3.14. The van der Waals surface area contributed by atoms with Crippen LogP contribution in [0.15, 0.2) is 0 Å². The first-order valence-electron chi connectivity index (χ1n) is 7.59. The molecule has 0 saturated heterocycles. The van der Waals surface area contributed by atoms with Gasteiger partial charge in [-0.2, -0.15) is 0 Å². The Morgan fingerprint density at radius 3 is 1.50 bits per heavy atom. The molecule has 0 heterocycles. The molecule has 1 aliphatic carbocycles. The Balaban J connectivity index is -0.000000149.